The molecule has 0 unspecified atom stereocenters. The quantitative estimate of drug-likeness (QED) is 0.399. The first-order chi connectivity index (χ1) is 14.3. The normalized spacial score (nSPS) is 11.8. The molecule has 2 aromatic heterocycles. The van der Waals surface area contributed by atoms with Crippen LogP contribution in [0.3, 0.4) is 0 Å². The fourth-order valence-electron chi connectivity index (χ4n) is 3.24. The van der Waals surface area contributed by atoms with E-state index in [4.69, 9.17) is 11.6 Å². The van der Waals surface area contributed by atoms with Crippen LogP contribution in [0.2, 0.25) is 5.02 Å². The Morgan fingerprint density at radius 3 is 2.70 bits per heavy atom. The minimum Gasteiger partial charge on any atom is -0.518 e. The monoisotopic (exact) mass is 475 g/mol. The summed E-state index contributed by atoms with van der Waals surface area (Å²) in [5, 5.41) is 10.8. The Morgan fingerprint density at radius 2 is 1.97 bits per heavy atom. The van der Waals surface area contributed by atoms with Gasteiger partial charge in [-0.2, -0.15) is 8.42 Å². The second kappa shape index (κ2) is 8.11. The van der Waals surface area contributed by atoms with Crippen molar-refractivity contribution in [3.63, 3.8) is 0 Å². The number of aryl methyl sites for hydroxylation is 1. The van der Waals surface area contributed by atoms with Gasteiger partial charge in [0, 0.05) is 27.9 Å². The molecule has 0 saturated heterocycles. The first-order valence-electron chi connectivity index (χ1n) is 8.93. The summed E-state index contributed by atoms with van der Waals surface area (Å²) in [6.07, 6.45) is 2.34. The van der Waals surface area contributed by atoms with Gasteiger partial charge >= 0.3 is 0 Å². The van der Waals surface area contributed by atoms with Crippen molar-refractivity contribution >= 4 is 59.1 Å². The molecule has 30 heavy (non-hydrogen) atoms. The van der Waals surface area contributed by atoms with Crippen LogP contribution in [0.5, 0.6) is 0 Å². The van der Waals surface area contributed by atoms with Gasteiger partial charge in [-0.1, -0.05) is 23.7 Å². The lowest BCUT2D eigenvalue weighted by molar-refractivity contribution is 0.546. The smallest absolute Gasteiger partial charge is 0.277 e. The number of benzene rings is 2. The molecule has 0 bridgehead atoms. The van der Waals surface area contributed by atoms with Gasteiger partial charge in [-0.15, -0.1) is 11.3 Å². The van der Waals surface area contributed by atoms with Gasteiger partial charge in [0.2, 0.25) is 0 Å². The average Bonchev–Trinajstić information content (AvgIpc) is 3.32. The molecule has 2 radical (unpaired) electrons. The third-order valence-corrected chi connectivity index (χ3v) is 8.41. The van der Waals surface area contributed by atoms with E-state index in [1.54, 1.807) is 42.6 Å². The highest BCUT2D eigenvalue weighted by Crippen LogP contribution is 2.35. The minimum absolute atomic E-state index is 0.0822. The van der Waals surface area contributed by atoms with E-state index in [2.05, 4.69) is 9.85 Å². The van der Waals surface area contributed by atoms with Gasteiger partial charge in [-0.3, -0.25) is 0 Å². The van der Waals surface area contributed by atoms with Crippen molar-refractivity contribution in [1.82, 2.24) is 3.97 Å². The van der Waals surface area contributed by atoms with Gasteiger partial charge in [0.25, 0.3) is 10.0 Å². The lowest BCUT2D eigenvalue weighted by Crippen LogP contribution is -2.10. The Hall–Kier alpha value is -2.26. The first kappa shape index (κ1) is 21.0. The molecular weight excluding hydrogens is 461 g/mol. The van der Waals surface area contributed by atoms with Gasteiger partial charge in [0.15, 0.2) is 0 Å². The highest BCUT2D eigenvalue weighted by molar-refractivity contribution is 7.92. The summed E-state index contributed by atoms with van der Waals surface area (Å²) in [5.74, 6) is -0.380. The first-order valence-corrected chi connectivity index (χ1v) is 12.1. The van der Waals surface area contributed by atoms with Crippen molar-refractivity contribution in [3.8, 4) is 10.4 Å². The van der Waals surface area contributed by atoms with Gasteiger partial charge in [-0.05, 0) is 60.0 Å². The van der Waals surface area contributed by atoms with Crippen molar-refractivity contribution in [2.24, 2.45) is 0 Å². The lowest BCUT2D eigenvalue weighted by atomic mass is 10.1. The number of rotatable bonds is 6. The van der Waals surface area contributed by atoms with Crippen molar-refractivity contribution in [1.29, 1.82) is 0 Å². The molecule has 9 heteroatoms. The summed E-state index contributed by atoms with van der Waals surface area (Å²) >= 11 is 7.21. The Kier molecular flexibility index (Phi) is 5.67. The number of aliphatic hydroxyl groups excluding tert-OH is 1. The van der Waals surface area contributed by atoms with E-state index in [0.29, 0.717) is 39.2 Å². The number of hydrogen-bond acceptors (Lipinski definition) is 4. The van der Waals surface area contributed by atoms with Crippen LogP contribution in [0.4, 0.5) is 4.39 Å². The maximum atomic E-state index is 13.5. The van der Waals surface area contributed by atoms with Crippen molar-refractivity contribution in [2.45, 2.75) is 17.1 Å². The number of thiophene rings is 1. The molecule has 0 aliphatic carbocycles. The molecule has 2 aromatic carbocycles. The van der Waals surface area contributed by atoms with Crippen LogP contribution in [-0.4, -0.2) is 32.7 Å². The van der Waals surface area contributed by atoms with Crippen LogP contribution < -0.4 is 0 Å². The van der Waals surface area contributed by atoms with Crippen molar-refractivity contribution in [3.05, 3.63) is 77.2 Å². The minimum atomic E-state index is -3.88. The number of hydrogen-bond donors (Lipinski definition) is 1. The molecule has 4 rings (SSSR count). The van der Waals surface area contributed by atoms with E-state index in [1.807, 2.05) is 0 Å². The SMILES string of the molecule is O=S(=O)(c1ccc(-c2cccc(F)c2)s1)n1cc(CCC(O)=[Si])c2cc(Cl)ccc21. The van der Waals surface area contributed by atoms with Gasteiger partial charge in [0.05, 0.1) is 20.7 Å². The number of aliphatic hydroxyl groups is 1. The van der Waals surface area contributed by atoms with E-state index < -0.39 is 10.0 Å². The van der Waals surface area contributed by atoms with Crippen molar-refractivity contribution in [2.75, 3.05) is 0 Å². The summed E-state index contributed by atoms with van der Waals surface area (Å²) in [7, 11) is -0.805. The number of halogens is 2. The van der Waals surface area contributed by atoms with E-state index in [1.165, 1.54) is 22.2 Å². The Balaban J connectivity index is 1.80. The predicted molar refractivity (Wildman–Crippen MR) is 120 cm³/mol. The maximum absolute atomic E-state index is 13.5. The molecule has 0 atom stereocenters. The highest BCUT2D eigenvalue weighted by atomic mass is 35.5. The second-order valence-electron chi connectivity index (χ2n) is 6.69. The zero-order valence-electron chi connectivity index (χ0n) is 15.5. The number of fused-ring (bicyclic) bond motifs is 1. The Bertz CT molecular complexity index is 1380. The fourth-order valence-corrected chi connectivity index (χ4v) is 6.32. The molecule has 0 spiro atoms. The Labute approximate surface area is 185 Å². The zero-order valence-corrected chi connectivity index (χ0v) is 18.9. The third-order valence-electron chi connectivity index (χ3n) is 4.65. The van der Waals surface area contributed by atoms with Crippen LogP contribution in [-0.2, 0) is 16.4 Å². The molecule has 0 fully saturated rings. The molecule has 152 valence electrons. The van der Waals surface area contributed by atoms with E-state index in [-0.39, 0.29) is 15.4 Å². The molecule has 0 saturated carbocycles. The summed E-state index contributed by atoms with van der Waals surface area (Å²) < 4.78 is 41.7. The molecule has 0 amide bonds. The van der Waals surface area contributed by atoms with E-state index >= 15 is 0 Å². The molecule has 1 N–H and O–H groups in total. The van der Waals surface area contributed by atoms with Gasteiger partial charge in [-0.25, -0.2) is 8.36 Å². The fraction of sp³-hybridized carbons (Fsp3) is 0.0952. The third kappa shape index (κ3) is 4.00. The van der Waals surface area contributed by atoms with Gasteiger partial charge < -0.3 is 5.11 Å². The predicted octanol–water partition coefficient (Wildman–Crippen LogP) is 5.00. The lowest BCUT2D eigenvalue weighted by Gasteiger charge is -2.05. The summed E-state index contributed by atoms with van der Waals surface area (Å²) in [4.78, 5) is 0.659. The van der Waals surface area contributed by atoms with E-state index in [0.717, 1.165) is 16.9 Å². The van der Waals surface area contributed by atoms with Gasteiger partial charge in [0.1, 0.15) is 10.0 Å². The van der Waals surface area contributed by atoms with Crippen LogP contribution in [0.1, 0.15) is 12.0 Å². The molecule has 0 aliphatic rings. The maximum Gasteiger partial charge on any atom is 0.277 e. The van der Waals surface area contributed by atoms with E-state index in [9.17, 15) is 17.9 Å². The van der Waals surface area contributed by atoms with Crippen LogP contribution >= 0.6 is 22.9 Å². The molecule has 0 aliphatic heterocycles. The standard InChI is InChI=1S/C21H15ClFNO3S2Si/c22-15-5-6-18-17(11-15)14(4-8-20(25)30)12-24(18)29(26,27)21-9-7-19(28-21)13-2-1-3-16(23)10-13/h1-3,5-7,9-12,25H,4,8H2. The van der Waals surface area contributed by atoms with Crippen LogP contribution in [0, 0.1) is 5.82 Å². The zero-order chi connectivity index (χ0) is 21.5. The van der Waals surface area contributed by atoms with Crippen LogP contribution in [0.25, 0.3) is 21.3 Å². The molecule has 2 heterocycles. The number of nitrogens with zero attached hydrogens (tertiary/aromatic N) is 1. The molecule has 4 aromatic rings. The van der Waals surface area contributed by atoms with Crippen LogP contribution in [0.15, 0.2) is 65.0 Å². The summed E-state index contributed by atoms with van der Waals surface area (Å²) in [6, 6.07) is 14.3. The average molecular weight is 476 g/mol. The topological polar surface area (TPSA) is 59.3 Å². The van der Waals surface area contributed by atoms with Crippen molar-refractivity contribution < 1.29 is 17.9 Å². The molecular formula is C21H15ClFNO3S2Si. The second-order valence-corrected chi connectivity index (χ2v) is 10.8. The Morgan fingerprint density at radius 1 is 1.17 bits per heavy atom. The summed E-state index contributed by atoms with van der Waals surface area (Å²) in [5.41, 5.74) is 1.88. The number of aromatic nitrogens is 1. The molecule has 4 nitrogen and oxygen atoms in total. The highest BCUT2D eigenvalue weighted by Gasteiger charge is 2.23. The summed E-state index contributed by atoms with van der Waals surface area (Å²) in [6.45, 7) is 0. The largest absolute Gasteiger partial charge is 0.518 e.